The van der Waals surface area contributed by atoms with Gasteiger partial charge >= 0.3 is 6.09 Å². The average Bonchev–Trinajstić information content (AvgIpc) is 2.99. The number of carbonyl (C=O) groups excluding carboxylic acids is 1. The van der Waals surface area contributed by atoms with Gasteiger partial charge in [-0.25, -0.2) is 27.5 Å². The number of amides is 1. The van der Waals surface area contributed by atoms with Crippen LogP contribution in [0.2, 0.25) is 0 Å². The van der Waals surface area contributed by atoms with Crippen molar-refractivity contribution in [2.24, 2.45) is 0 Å². The van der Waals surface area contributed by atoms with Crippen LogP contribution < -0.4 is 5.32 Å². The summed E-state index contributed by atoms with van der Waals surface area (Å²) in [4.78, 5) is 21.1. The topological polar surface area (TPSA) is 119 Å². The van der Waals surface area contributed by atoms with Crippen molar-refractivity contribution < 1.29 is 17.9 Å². The second kappa shape index (κ2) is 7.65. The fraction of sp³-hybridized carbons (Fsp3) is 0.368. The van der Waals surface area contributed by atoms with E-state index in [1.807, 2.05) is 0 Å². The Morgan fingerprint density at radius 1 is 1.13 bits per heavy atom. The first-order chi connectivity index (χ1) is 13.9. The Morgan fingerprint density at radius 2 is 1.77 bits per heavy atom. The van der Waals surface area contributed by atoms with Crippen LogP contribution in [0.5, 0.6) is 0 Å². The van der Waals surface area contributed by atoms with Crippen molar-refractivity contribution in [2.45, 2.75) is 38.2 Å². The molecule has 11 heteroatoms. The van der Waals surface area contributed by atoms with Gasteiger partial charge in [0.05, 0.1) is 4.90 Å². The van der Waals surface area contributed by atoms with Crippen molar-refractivity contribution in [1.29, 1.82) is 0 Å². The van der Waals surface area contributed by atoms with E-state index in [4.69, 9.17) is 4.74 Å². The number of hydrogen-bond donors (Lipinski definition) is 1. The smallest absolute Gasteiger partial charge is 0.413 e. The lowest BCUT2D eigenvalue weighted by atomic mass is 10.2. The van der Waals surface area contributed by atoms with E-state index in [2.05, 4.69) is 20.4 Å². The molecule has 0 aliphatic rings. The van der Waals surface area contributed by atoms with E-state index in [0.717, 1.165) is 4.31 Å². The summed E-state index contributed by atoms with van der Waals surface area (Å²) >= 11 is 0. The van der Waals surface area contributed by atoms with E-state index in [1.54, 1.807) is 45.9 Å². The number of sulfonamides is 1. The minimum Gasteiger partial charge on any atom is -0.444 e. The van der Waals surface area contributed by atoms with E-state index < -0.39 is 21.7 Å². The van der Waals surface area contributed by atoms with Crippen LogP contribution in [0.4, 0.5) is 10.6 Å². The predicted octanol–water partition coefficient (Wildman–Crippen LogP) is 2.70. The van der Waals surface area contributed by atoms with E-state index in [9.17, 15) is 13.2 Å². The molecule has 10 nitrogen and oxygen atoms in total. The molecule has 3 aromatic rings. The van der Waals surface area contributed by atoms with Crippen LogP contribution in [0.3, 0.4) is 0 Å². The number of anilines is 1. The van der Waals surface area contributed by atoms with Crippen molar-refractivity contribution in [3.63, 3.8) is 0 Å². The van der Waals surface area contributed by atoms with Gasteiger partial charge in [0.2, 0.25) is 10.0 Å². The molecule has 0 spiro atoms. The highest BCUT2D eigenvalue weighted by Gasteiger charge is 2.20. The highest BCUT2D eigenvalue weighted by Crippen LogP contribution is 2.24. The van der Waals surface area contributed by atoms with Crippen molar-refractivity contribution in [3.05, 3.63) is 36.2 Å². The number of benzene rings is 1. The van der Waals surface area contributed by atoms with Gasteiger partial charge in [-0.3, -0.25) is 5.32 Å². The molecule has 160 valence electrons. The molecule has 2 aromatic heterocycles. The van der Waals surface area contributed by atoms with Gasteiger partial charge in [-0.1, -0.05) is 0 Å². The fourth-order valence-corrected chi connectivity index (χ4v) is 3.54. The second-order valence-corrected chi connectivity index (χ2v) is 9.98. The second-order valence-electron chi connectivity index (χ2n) is 7.83. The third kappa shape index (κ3) is 4.57. The van der Waals surface area contributed by atoms with Crippen LogP contribution in [0.25, 0.3) is 17.0 Å². The zero-order valence-corrected chi connectivity index (χ0v) is 18.5. The predicted molar refractivity (Wildman–Crippen MR) is 112 cm³/mol. The van der Waals surface area contributed by atoms with E-state index in [0.29, 0.717) is 22.9 Å². The van der Waals surface area contributed by atoms with Gasteiger partial charge in [-0.2, -0.15) is 4.52 Å². The van der Waals surface area contributed by atoms with E-state index in [1.165, 1.54) is 30.7 Å². The van der Waals surface area contributed by atoms with Gasteiger partial charge in [-0.15, -0.1) is 5.10 Å². The van der Waals surface area contributed by atoms with Crippen LogP contribution in [-0.2, 0) is 14.8 Å². The van der Waals surface area contributed by atoms with Crippen molar-refractivity contribution in [2.75, 3.05) is 19.4 Å². The van der Waals surface area contributed by atoms with E-state index >= 15 is 0 Å². The van der Waals surface area contributed by atoms with Crippen molar-refractivity contribution in [1.82, 2.24) is 23.9 Å². The Labute approximate surface area is 174 Å². The highest BCUT2D eigenvalue weighted by atomic mass is 32.2. The number of hydrogen-bond acceptors (Lipinski definition) is 7. The number of aryl methyl sites for hydroxylation is 1. The largest absolute Gasteiger partial charge is 0.444 e. The lowest BCUT2D eigenvalue weighted by Gasteiger charge is -2.19. The van der Waals surface area contributed by atoms with Gasteiger partial charge in [-0.05, 0) is 52.0 Å². The Balaban J connectivity index is 2.03. The van der Waals surface area contributed by atoms with Gasteiger partial charge < -0.3 is 4.74 Å². The quantitative estimate of drug-likeness (QED) is 0.673. The summed E-state index contributed by atoms with van der Waals surface area (Å²) in [5.41, 5.74) is 0.431. The monoisotopic (exact) mass is 432 g/mol. The Bertz CT molecular complexity index is 1190. The summed E-state index contributed by atoms with van der Waals surface area (Å²) in [6, 6.07) is 7.84. The summed E-state index contributed by atoms with van der Waals surface area (Å²) in [5, 5.41) is 6.95. The molecule has 0 atom stereocenters. The first-order valence-corrected chi connectivity index (χ1v) is 10.6. The Kier molecular flexibility index (Phi) is 5.52. The summed E-state index contributed by atoms with van der Waals surface area (Å²) < 4.78 is 32.6. The van der Waals surface area contributed by atoms with Crippen LogP contribution in [0.15, 0.2) is 35.2 Å². The molecule has 0 saturated heterocycles. The SMILES string of the molecule is Cc1nc2cc(NC(=O)OC(C)(C)C)nc(-c3ccc(S(=O)(=O)N(C)C)cc3)n2n1. The molecule has 1 N–H and O–H groups in total. The number of fused-ring (bicyclic) bond motifs is 1. The number of rotatable bonds is 4. The Morgan fingerprint density at radius 3 is 2.33 bits per heavy atom. The molecule has 3 rings (SSSR count). The maximum Gasteiger partial charge on any atom is 0.413 e. The number of carbonyl (C=O) groups is 1. The molecule has 0 aliphatic carbocycles. The minimum absolute atomic E-state index is 0.158. The molecule has 0 saturated carbocycles. The summed E-state index contributed by atoms with van der Waals surface area (Å²) in [6.45, 7) is 7.03. The molecular weight excluding hydrogens is 408 g/mol. The van der Waals surface area contributed by atoms with Crippen molar-refractivity contribution in [3.8, 4) is 11.4 Å². The van der Waals surface area contributed by atoms with Crippen LogP contribution >= 0.6 is 0 Å². The third-order valence-corrected chi connectivity index (χ3v) is 5.78. The molecule has 30 heavy (non-hydrogen) atoms. The molecule has 2 heterocycles. The standard InChI is InChI=1S/C19H24N6O4S/c1-12-20-16-11-15(22-18(26)29-19(2,3)4)21-17(25(16)23-12)13-7-9-14(10-8-13)30(27,28)24(5)6/h7-11H,1-6H3,(H,22,26). The molecule has 0 fully saturated rings. The highest BCUT2D eigenvalue weighted by molar-refractivity contribution is 7.89. The number of nitrogens with zero attached hydrogens (tertiary/aromatic N) is 5. The molecular formula is C19H24N6O4S. The Hall–Kier alpha value is -3.05. The van der Waals surface area contributed by atoms with Crippen LogP contribution in [0.1, 0.15) is 26.6 Å². The first kappa shape index (κ1) is 21.7. The summed E-state index contributed by atoms with van der Waals surface area (Å²) in [5.74, 6) is 1.16. The minimum atomic E-state index is -3.55. The van der Waals surface area contributed by atoms with Gasteiger partial charge in [0, 0.05) is 25.7 Å². The molecule has 1 amide bonds. The van der Waals surface area contributed by atoms with Crippen LogP contribution in [-0.4, -0.2) is 58.1 Å². The molecule has 0 radical (unpaired) electrons. The summed E-state index contributed by atoms with van der Waals surface area (Å²) in [7, 11) is -0.610. The van der Waals surface area contributed by atoms with Gasteiger partial charge in [0.25, 0.3) is 0 Å². The number of nitrogens with one attached hydrogen (secondary N) is 1. The van der Waals surface area contributed by atoms with E-state index in [-0.39, 0.29) is 10.7 Å². The lowest BCUT2D eigenvalue weighted by Crippen LogP contribution is -2.27. The normalized spacial score (nSPS) is 12.4. The zero-order chi connectivity index (χ0) is 22.3. The number of ether oxygens (including phenoxy) is 1. The fourth-order valence-electron chi connectivity index (χ4n) is 2.64. The lowest BCUT2D eigenvalue weighted by molar-refractivity contribution is 0.0635. The maximum atomic E-state index is 12.3. The zero-order valence-electron chi connectivity index (χ0n) is 17.7. The number of aromatic nitrogens is 4. The van der Waals surface area contributed by atoms with Gasteiger partial charge in [0.15, 0.2) is 11.5 Å². The third-order valence-electron chi connectivity index (χ3n) is 3.95. The average molecular weight is 433 g/mol. The molecule has 0 bridgehead atoms. The molecule has 1 aromatic carbocycles. The van der Waals surface area contributed by atoms with Crippen molar-refractivity contribution >= 4 is 27.6 Å². The van der Waals surface area contributed by atoms with Crippen LogP contribution in [0, 0.1) is 6.92 Å². The molecule has 0 unspecified atom stereocenters. The first-order valence-electron chi connectivity index (χ1n) is 9.14. The molecule has 0 aliphatic heterocycles. The summed E-state index contributed by atoms with van der Waals surface area (Å²) in [6.07, 6.45) is -0.644. The maximum absolute atomic E-state index is 12.3. The van der Waals surface area contributed by atoms with Gasteiger partial charge in [0.1, 0.15) is 17.2 Å².